The lowest BCUT2D eigenvalue weighted by atomic mass is 10.3. The third-order valence-electron chi connectivity index (χ3n) is 2.60. The van der Waals surface area contributed by atoms with Gasteiger partial charge in [-0.25, -0.2) is 13.6 Å². The molecular weight excluding hydrogens is 278 g/mol. The third kappa shape index (κ3) is 4.17. The molecule has 0 spiro atoms. The van der Waals surface area contributed by atoms with E-state index in [4.69, 9.17) is 4.74 Å². The molecule has 2 aromatic carbocycles. The quantitative estimate of drug-likeness (QED) is 0.894. The molecule has 0 bridgehead atoms. The van der Waals surface area contributed by atoms with E-state index in [1.165, 1.54) is 0 Å². The number of hydrogen-bond acceptors (Lipinski definition) is 2. The predicted octanol–water partition coefficient (Wildman–Crippen LogP) is 4.01. The third-order valence-corrected chi connectivity index (χ3v) is 2.60. The molecule has 0 aliphatic rings. The SMILES string of the molecule is CCOc1ccc(NC(=O)Nc2ccc(F)cc2F)cc1. The topological polar surface area (TPSA) is 50.4 Å². The molecule has 0 aromatic heterocycles. The second-order valence-corrected chi connectivity index (χ2v) is 4.16. The van der Waals surface area contributed by atoms with E-state index in [9.17, 15) is 13.6 Å². The van der Waals surface area contributed by atoms with Gasteiger partial charge in [-0.15, -0.1) is 0 Å². The number of benzene rings is 2. The van der Waals surface area contributed by atoms with Gasteiger partial charge in [-0.05, 0) is 43.3 Å². The molecule has 2 N–H and O–H groups in total. The number of halogens is 2. The van der Waals surface area contributed by atoms with Crippen molar-refractivity contribution in [2.24, 2.45) is 0 Å². The fourth-order valence-electron chi connectivity index (χ4n) is 1.68. The smallest absolute Gasteiger partial charge is 0.323 e. The Morgan fingerprint density at radius 2 is 1.81 bits per heavy atom. The van der Waals surface area contributed by atoms with E-state index in [1.54, 1.807) is 24.3 Å². The highest BCUT2D eigenvalue weighted by molar-refractivity contribution is 5.99. The van der Waals surface area contributed by atoms with Gasteiger partial charge in [-0.2, -0.15) is 0 Å². The minimum absolute atomic E-state index is 0.0974. The van der Waals surface area contributed by atoms with Crippen molar-refractivity contribution in [3.05, 3.63) is 54.1 Å². The minimum atomic E-state index is -0.836. The molecule has 0 aliphatic heterocycles. The van der Waals surface area contributed by atoms with Crippen LogP contribution in [0.25, 0.3) is 0 Å². The molecule has 2 amide bonds. The number of rotatable bonds is 4. The number of amides is 2. The zero-order chi connectivity index (χ0) is 15.2. The summed E-state index contributed by atoms with van der Waals surface area (Å²) in [6, 6.07) is 9.03. The maximum Gasteiger partial charge on any atom is 0.323 e. The van der Waals surface area contributed by atoms with Crippen LogP contribution in [0.1, 0.15) is 6.92 Å². The summed E-state index contributed by atoms with van der Waals surface area (Å²) in [5.41, 5.74) is 0.429. The molecule has 0 unspecified atom stereocenters. The average molecular weight is 292 g/mol. The number of carbonyl (C=O) groups is 1. The van der Waals surface area contributed by atoms with E-state index in [2.05, 4.69) is 10.6 Å². The van der Waals surface area contributed by atoms with Gasteiger partial charge < -0.3 is 15.4 Å². The van der Waals surface area contributed by atoms with Crippen LogP contribution in [0.5, 0.6) is 5.75 Å². The Kier molecular flexibility index (Phi) is 4.71. The van der Waals surface area contributed by atoms with Crippen molar-refractivity contribution in [1.82, 2.24) is 0 Å². The first-order valence-corrected chi connectivity index (χ1v) is 6.34. The van der Waals surface area contributed by atoms with E-state index in [1.807, 2.05) is 6.92 Å². The van der Waals surface area contributed by atoms with Crippen molar-refractivity contribution in [1.29, 1.82) is 0 Å². The minimum Gasteiger partial charge on any atom is -0.494 e. The summed E-state index contributed by atoms with van der Waals surface area (Å²) in [5.74, 6) is -0.852. The summed E-state index contributed by atoms with van der Waals surface area (Å²) in [6.07, 6.45) is 0. The molecular formula is C15H14F2N2O2. The fraction of sp³-hybridized carbons (Fsp3) is 0.133. The number of nitrogens with one attached hydrogen (secondary N) is 2. The molecule has 0 aliphatic carbocycles. The van der Waals surface area contributed by atoms with Gasteiger partial charge >= 0.3 is 6.03 Å². The highest BCUT2D eigenvalue weighted by Crippen LogP contribution is 2.17. The maximum absolute atomic E-state index is 13.4. The van der Waals surface area contributed by atoms with Gasteiger partial charge in [0.1, 0.15) is 17.4 Å². The monoisotopic (exact) mass is 292 g/mol. The van der Waals surface area contributed by atoms with E-state index in [-0.39, 0.29) is 5.69 Å². The summed E-state index contributed by atoms with van der Waals surface area (Å²) in [7, 11) is 0. The Labute approximate surface area is 120 Å². The Morgan fingerprint density at radius 3 is 2.43 bits per heavy atom. The number of carbonyl (C=O) groups excluding carboxylic acids is 1. The van der Waals surface area contributed by atoms with Crippen LogP contribution >= 0.6 is 0 Å². The van der Waals surface area contributed by atoms with Crippen LogP contribution in [0.15, 0.2) is 42.5 Å². The van der Waals surface area contributed by atoms with Gasteiger partial charge in [0.2, 0.25) is 0 Å². The lowest BCUT2D eigenvalue weighted by Crippen LogP contribution is -2.20. The summed E-state index contributed by atoms with van der Waals surface area (Å²) in [4.78, 5) is 11.7. The summed E-state index contributed by atoms with van der Waals surface area (Å²) in [6.45, 7) is 2.42. The Balaban J connectivity index is 1.98. The van der Waals surface area contributed by atoms with Crippen molar-refractivity contribution in [2.75, 3.05) is 17.2 Å². The Hall–Kier alpha value is -2.63. The standard InChI is InChI=1S/C15H14F2N2O2/c1-2-21-12-6-4-11(5-7-12)18-15(20)19-14-8-3-10(16)9-13(14)17/h3-9H,2H2,1H3,(H2,18,19,20). The maximum atomic E-state index is 13.4. The van der Waals surface area contributed by atoms with Crippen LogP contribution in [-0.2, 0) is 0 Å². The fourth-order valence-corrected chi connectivity index (χ4v) is 1.68. The van der Waals surface area contributed by atoms with Crippen LogP contribution in [-0.4, -0.2) is 12.6 Å². The second kappa shape index (κ2) is 6.69. The van der Waals surface area contributed by atoms with E-state index in [0.717, 1.165) is 12.1 Å². The van der Waals surface area contributed by atoms with Crippen LogP contribution in [0, 0.1) is 11.6 Å². The number of urea groups is 1. The average Bonchev–Trinajstić information content (AvgIpc) is 2.44. The number of ether oxygens (including phenoxy) is 1. The zero-order valence-corrected chi connectivity index (χ0v) is 11.3. The highest BCUT2D eigenvalue weighted by atomic mass is 19.1. The largest absolute Gasteiger partial charge is 0.494 e. The Bertz CT molecular complexity index is 630. The van der Waals surface area contributed by atoms with E-state index in [0.29, 0.717) is 24.1 Å². The molecule has 6 heteroatoms. The molecule has 0 heterocycles. The zero-order valence-electron chi connectivity index (χ0n) is 11.3. The lowest BCUT2D eigenvalue weighted by Gasteiger charge is -2.09. The molecule has 0 fully saturated rings. The van der Waals surface area contributed by atoms with Crippen molar-refractivity contribution >= 4 is 17.4 Å². The molecule has 0 saturated heterocycles. The molecule has 0 saturated carbocycles. The van der Waals surface area contributed by atoms with Crippen LogP contribution in [0.4, 0.5) is 25.0 Å². The van der Waals surface area contributed by atoms with Gasteiger partial charge in [0.15, 0.2) is 0 Å². The first kappa shape index (κ1) is 14.8. The first-order chi connectivity index (χ1) is 10.1. The van der Waals surface area contributed by atoms with Gasteiger partial charge in [-0.1, -0.05) is 0 Å². The normalized spacial score (nSPS) is 10.0. The Morgan fingerprint density at radius 1 is 1.10 bits per heavy atom. The second-order valence-electron chi connectivity index (χ2n) is 4.16. The molecule has 2 aromatic rings. The van der Waals surface area contributed by atoms with E-state index < -0.39 is 17.7 Å². The van der Waals surface area contributed by atoms with Crippen molar-refractivity contribution in [2.45, 2.75) is 6.92 Å². The molecule has 2 rings (SSSR count). The van der Waals surface area contributed by atoms with Crippen molar-refractivity contribution < 1.29 is 18.3 Å². The number of hydrogen-bond donors (Lipinski definition) is 2. The van der Waals surface area contributed by atoms with Crippen LogP contribution in [0.2, 0.25) is 0 Å². The lowest BCUT2D eigenvalue weighted by molar-refractivity contribution is 0.262. The molecule has 110 valence electrons. The molecule has 0 atom stereocenters. The molecule has 4 nitrogen and oxygen atoms in total. The molecule has 21 heavy (non-hydrogen) atoms. The summed E-state index contributed by atoms with van der Waals surface area (Å²) >= 11 is 0. The van der Waals surface area contributed by atoms with Crippen LogP contribution < -0.4 is 15.4 Å². The number of anilines is 2. The highest BCUT2D eigenvalue weighted by Gasteiger charge is 2.08. The first-order valence-electron chi connectivity index (χ1n) is 6.34. The van der Waals surface area contributed by atoms with Gasteiger partial charge in [0.25, 0.3) is 0 Å². The predicted molar refractivity (Wildman–Crippen MR) is 76.6 cm³/mol. The summed E-state index contributed by atoms with van der Waals surface area (Å²) in [5, 5.41) is 4.84. The molecule has 0 radical (unpaired) electrons. The summed E-state index contributed by atoms with van der Waals surface area (Å²) < 4.78 is 31.4. The van der Waals surface area contributed by atoms with Crippen molar-refractivity contribution in [3.8, 4) is 5.75 Å². The van der Waals surface area contributed by atoms with Crippen molar-refractivity contribution in [3.63, 3.8) is 0 Å². The van der Waals surface area contributed by atoms with Gasteiger partial charge in [0.05, 0.1) is 12.3 Å². The van der Waals surface area contributed by atoms with Crippen LogP contribution in [0.3, 0.4) is 0 Å². The van der Waals surface area contributed by atoms with Gasteiger partial charge in [-0.3, -0.25) is 0 Å². The van der Waals surface area contributed by atoms with E-state index >= 15 is 0 Å². The van der Waals surface area contributed by atoms with Gasteiger partial charge in [0, 0.05) is 11.8 Å².